The van der Waals surface area contributed by atoms with Gasteiger partial charge in [0.2, 0.25) is 0 Å². The Kier molecular flexibility index (Phi) is 4.50. The predicted molar refractivity (Wildman–Crippen MR) is 65.5 cm³/mol. The largest absolute Gasteiger partial charge is 0.394 e. The average molecular weight is 225 g/mol. The number of likely N-dealkylation sites (N-methyl/N-ethyl adjacent to an activating group) is 1. The van der Waals surface area contributed by atoms with Crippen LogP contribution in [-0.2, 0) is 6.54 Å². The van der Waals surface area contributed by atoms with Crippen LogP contribution in [0.2, 0.25) is 0 Å². The molecule has 1 unspecified atom stereocenters. The molecule has 1 heterocycles. The quantitative estimate of drug-likeness (QED) is 0.766. The van der Waals surface area contributed by atoms with E-state index in [0.29, 0.717) is 0 Å². The lowest BCUT2D eigenvalue weighted by molar-refractivity contribution is 0.162. The molecular weight excluding hydrogens is 202 g/mol. The summed E-state index contributed by atoms with van der Waals surface area (Å²) < 4.78 is 2.14. The number of imidazole rings is 1. The summed E-state index contributed by atoms with van der Waals surface area (Å²) in [5.74, 6) is 0. The van der Waals surface area contributed by atoms with Gasteiger partial charge in [-0.05, 0) is 33.7 Å². The van der Waals surface area contributed by atoms with E-state index >= 15 is 0 Å². The van der Waals surface area contributed by atoms with Crippen molar-refractivity contribution in [2.24, 2.45) is 0 Å². The second-order valence-corrected chi connectivity index (χ2v) is 4.61. The third-order valence-electron chi connectivity index (χ3n) is 3.20. The van der Waals surface area contributed by atoms with Gasteiger partial charge in [-0.15, -0.1) is 0 Å². The van der Waals surface area contributed by atoms with Crippen LogP contribution in [0.1, 0.15) is 31.7 Å². The van der Waals surface area contributed by atoms with Crippen molar-refractivity contribution in [1.82, 2.24) is 14.9 Å². The number of aryl methyl sites for hydroxylation is 2. The monoisotopic (exact) mass is 225 g/mol. The summed E-state index contributed by atoms with van der Waals surface area (Å²) in [4.78, 5) is 4.27. The Balaban J connectivity index is 2.59. The van der Waals surface area contributed by atoms with Gasteiger partial charge in [-0.1, -0.05) is 6.92 Å². The van der Waals surface area contributed by atoms with Gasteiger partial charge in [-0.2, -0.15) is 0 Å². The minimum Gasteiger partial charge on any atom is -0.394 e. The standard InChI is InChI=1S/C12H23N3O/c1-5-14-12(4,8-16)6-7-15-9-13-10(2)11(15)3/h9,14,16H,5-8H2,1-4H3. The lowest BCUT2D eigenvalue weighted by atomic mass is 9.99. The topological polar surface area (TPSA) is 50.1 Å². The first-order valence-electron chi connectivity index (χ1n) is 5.86. The molecule has 0 radical (unpaired) electrons. The van der Waals surface area contributed by atoms with Crippen molar-refractivity contribution in [3.63, 3.8) is 0 Å². The Morgan fingerprint density at radius 1 is 1.50 bits per heavy atom. The number of nitrogens with zero attached hydrogens (tertiary/aromatic N) is 2. The summed E-state index contributed by atoms with van der Waals surface area (Å²) in [7, 11) is 0. The molecule has 0 fully saturated rings. The van der Waals surface area contributed by atoms with Crippen LogP contribution in [-0.4, -0.2) is 33.3 Å². The van der Waals surface area contributed by atoms with Crippen LogP contribution in [0.4, 0.5) is 0 Å². The molecular formula is C12H23N3O. The van der Waals surface area contributed by atoms with Gasteiger partial charge < -0.3 is 15.0 Å². The molecule has 0 aliphatic heterocycles. The van der Waals surface area contributed by atoms with Crippen molar-refractivity contribution in [3.05, 3.63) is 17.7 Å². The zero-order valence-electron chi connectivity index (χ0n) is 10.7. The fourth-order valence-electron chi connectivity index (χ4n) is 1.79. The molecule has 92 valence electrons. The Morgan fingerprint density at radius 3 is 2.62 bits per heavy atom. The molecule has 1 aromatic heterocycles. The summed E-state index contributed by atoms with van der Waals surface area (Å²) >= 11 is 0. The van der Waals surface area contributed by atoms with E-state index in [0.717, 1.165) is 25.2 Å². The Morgan fingerprint density at radius 2 is 2.19 bits per heavy atom. The van der Waals surface area contributed by atoms with Crippen LogP contribution in [0, 0.1) is 13.8 Å². The predicted octanol–water partition coefficient (Wildman–Crippen LogP) is 1.25. The number of aliphatic hydroxyl groups excluding tert-OH is 1. The van der Waals surface area contributed by atoms with E-state index in [1.165, 1.54) is 5.69 Å². The average Bonchev–Trinajstić information content (AvgIpc) is 2.58. The van der Waals surface area contributed by atoms with Crippen LogP contribution < -0.4 is 5.32 Å². The smallest absolute Gasteiger partial charge is 0.0951 e. The first-order chi connectivity index (χ1) is 7.52. The second kappa shape index (κ2) is 5.46. The van der Waals surface area contributed by atoms with Gasteiger partial charge in [0.25, 0.3) is 0 Å². The van der Waals surface area contributed by atoms with Crippen LogP contribution in [0.15, 0.2) is 6.33 Å². The van der Waals surface area contributed by atoms with E-state index in [1.807, 2.05) is 13.3 Å². The number of aromatic nitrogens is 2. The molecule has 2 N–H and O–H groups in total. The molecule has 0 bridgehead atoms. The van der Waals surface area contributed by atoms with Gasteiger partial charge in [0, 0.05) is 17.8 Å². The molecule has 0 amide bonds. The van der Waals surface area contributed by atoms with Crippen LogP contribution in [0.3, 0.4) is 0 Å². The SMILES string of the molecule is CCNC(C)(CO)CCn1cnc(C)c1C. The highest BCUT2D eigenvalue weighted by molar-refractivity contribution is 5.08. The minimum atomic E-state index is -0.195. The number of rotatable bonds is 6. The molecule has 1 aromatic rings. The molecule has 0 saturated carbocycles. The fourth-order valence-corrected chi connectivity index (χ4v) is 1.79. The summed E-state index contributed by atoms with van der Waals surface area (Å²) in [6.07, 6.45) is 2.77. The molecule has 0 aromatic carbocycles. The molecule has 0 saturated heterocycles. The maximum absolute atomic E-state index is 9.38. The van der Waals surface area contributed by atoms with E-state index in [4.69, 9.17) is 0 Å². The van der Waals surface area contributed by atoms with Gasteiger partial charge in [0.15, 0.2) is 0 Å². The molecule has 1 rings (SSSR count). The van der Waals surface area contributed by atoms with Crippen molar-refractivity contribution in [1.29, 1.82) is 0 Å². The zero-order chi connectivity index (χ0) is 12.2. The second-order valence-electron chi connectivity index (χ2n) is 4.61. The third kappa shape index (κ3) is 3.06. The lowest BCUT2D eigenvalue weighted by Crippen LogP contribution is -2.46. The van der Waals surface area contributed by atoms with E-state index in [2.05, 4.69) is 35.6 Å². The van der Waals surface area contributed by atoms with Gasteiger partial charge in [-0.3, -0.25) is 0 Å². The van der Waals surface area contributed by atoms with E-state index < -0.39 is 0 Å². The normalized spacial score (nSPS) is 15.1. The highest BCUT2D eigenvalue weighted by atomic mass is 16.3. The highest BCUT2D eigenvalue weighted by Gasteiger charge is 2.21. The first kappa shape index (κ1) is 13.2. The highest BCUT2D eigenvalue weighted by Crippen LogP contribution is 2.12. The van der Waals surface area contributed by atoms with E-state index in [-0.39, 0.29) is 12.1 Å². The van der Waals surface area contributed by atoms with Crippen LogP contribution >= 0.6 is 0 Å². The Bertz CT molecular complexity index is 335. The molecule has 4 heteroatoms. The molecule has 16 heavy (non-hydrogen) atoms. The number of nitrogens with one attached hydrogen (secondary N) is 1. The molecule has 0 spiro atoms. The number of hydrogen-bond donors (Lipinski definition) is 2. The van der Waals surface area contributed by atoms with Gasteiger partial charge in [0.05, 0.1) is 18.6 Å². The van der Waals surface area contributed by atoms with Crippen molar-refractivity contribution >= 4 is 0 Å². The maximum atomic E-state index is 9.38. The van der Waals surface area contributed by atoms with Crippen molar-refractivity contribution in [3.8, 4) is 0 Å². The van der Waals surface area contributed by atoms with Crippen molar-refractivity contribution in [2.75, 3.05) is 13.2 Å². The van der Waals surface area contributed by atoms with Gasteiger partial charge in [0.1, 0.15) is 0 Å². The summed E-state index contributed by atoms with van der Waals surface area (Å²) in [5.41, 5.74) is 2.09. The number of hydrogen-bond acceptors (Lipinski definition) is 3. The third-order valence-corrected chi connectivity index (χ3v) is 3.20. The summed E-state index contributed by atoms with van der Waals surface area (Å²) in [6.45, 7) is 10.1. The fraction of sp³-hybridized carbons (Fsp3) is 0.750. The Labute approximate surface area is 97.7 Å². The molecule has 0 aliphatic carbocycles. The summed E-state index contributed by atoms with van der Waals surface area (Å²) in [5, 5.41) is 12.7. The van der Waals surface area contributed by atoms with Crippen molar-refractivity contribution in [2.45, 2.75) is 46.2 Å². The van der Waals surface area contributed by atoms with Crippen LogP contribution in [0.5, 0.6) is 0 Å². The first-order valence-corrected chi connectivity index (χ1v) is 5.86. The van der Waals surface area contributed by atoms with E-state index in [1.54, 1.807) is 0 Å². The van der Waals surface area contributed by atoms with Crippen molar-refractivity contribution < 1.29 is 5.11 Å². The minimum absolute atomic E-state index is 0.160. The lowest BCUT2D eigenvalue weighted by Gasteiger charge is -2.28. The van der Waals surface area contributed by atoms with Gasteiger partial charge in [-0.25, -0.2) is 4.98 Å². The molecule has 4 nitrogen and oxygen atoms in total. The summed E-state index contributed by atoms with van der Waals surface area (Å²) in [6, 6.07) is 0. The number of aliphatic hydroxyl groups is 1. The van der Waals surface area contributed by atoms with Gasteiger partial charge >= 0.3 is 0 Å². The Hall–Kier alpha value is -0.870. The van der Waals surface area contributed by atoms with Crippen LogP contribution in [0.25, 0.3) is 0 Å². The van der Waals surface area contributed by atoms with E-state index in [9.17, 15) is 5.11 Å². The molecule has 1 atom stereocenters. The maximum Gasteiger partial charge on any atom is 0.0951 e. The molecule has 0 aliphatic rings. The zero-order valence-corrected chi connectivity index (χ0v) is 10.7.